The minimum Gasteiger partial charge on any atom is -0.351 e. The Labute approximate surface area is 156 Å². The third-order valence-corrected chi connectivity index (χ3v) is 4.01. The van der Waals surface area contributed by atoms with Crippen LogP contribution in [-0.2, 0) is 16.1 Å². The van der Waals surface area contributed by atoms with Crippen LogP contribution >= 0.6 is 23.2 Å². The van der Waals surface area contributed by atoms with Crippen LogP contribution in [0.1, 0.15) is 5.56 Å². The third kappa shape index (κ3) is 6.74. The van der Waals surface area contributed by atoms with Crippen molar-refractivity contribution in [1.82, 2.24) is 10.2 Å². The Morgan fingerprint density at radius 2 is 1.60 bits per heavy atom. The molecule has 132 valence electrons. The Morgan fingerprint density at radius 3 is 2.28 bits per heavy atom. The molecule has 0 saturated heterocycles. The van der Waals surface area contributed by atoms with Gasteiger partial charge in [-0.2, -0.15) is 0 Å². The fourth-order valence-corrected chi connectivity index (χ4v) is 2.50. The Balaban J connectivity index is 1.74. The molecule has 2 aromatic rings. The molecule has 0 fully saturated rings. The summed E-state index contributed by atoms with van der Waals surface area (Å²) >= 11 is 11.8. The SMILES string of the molecule is CN(CC(=O)NCc1ccccc1Cl)CC(=O)Nc1ccc(Cl)cc1. The number of rotatable bonds is 7. The predicted octanol–water partition coefficient (Wildman–Crippen LogP) is 3.18. The van der Waals surface area contributed by atoms with Gasteiger partial charge in [-0.05, 0) is 42.9 Å². The normalized spacial score (nSPS) is 10.6. The highest BCUT2D eigenvalue weighted by Crippen LogP contribution is 2.14. The molecule has 0 aliphatic carbocycles. The number of anilines is 1. The first-order valence-corrected chi connectivity index (χ1v) is 8.43. The number of nitrogens with one attached hydrogen (secondary N) is 2. The van der Waals surface area contributed by atoms with Gasteiger partial charge in [0.05, 0.1) is 13.1 Å². The van der Waals surface area contributed by atoms with Crippen LogP contribution in [0.3, 0.4) is 0 Å². The fraction of sp³-hybridized carbons (Fsp3) is 0.222. The molecule has 0 saturated carbocycles. The highest BCUT2D eigenvalue weighted by Gasteiger charge is 2.11. The molecule has 0 atom stereocenters. The summed E-state index contributed by atoms with van der Waals surface area (Å²) in [4.78, 5) is 25.6. The maximum absolute atomic E-state index is 12.0. The molecule has 0 aliphatic heterocycles. The van der Waals surface area contributed by atoms with E-state index in [1.165, 1.54) is 0 Å². The van der Waals surface area contributed by atoms with Crippen molar-refractivity contribution in [1.29, 1.82) is 0 Å². The van der Waals surface area contributed by atoms with E-state index >= 15 is 0 Å². The molecule has 0 spiro atoms. The van der Waals surface area contributed by atoms with Gasteiger partial charge >= 0.3 is 0 Å². The van der Waals surface area contributed by atoms with Crippen molar-refractivity contribution in [2.24, 2.45) is 0 Å². The minimum atomic E-state index is -0.205. The lowest BCUT2D eigenvalue weighted by Crippen LogP contribution is -2.38. The van der Waals surface area contributed by atoms with E-state index in [-0.39, 0.29) is 24.9 Å². The molecule has 5 nitrogen and oxygen atoms in total. The molecule has 2 amide bonds. The minimum absolute atomic E-state index is 0.0993. The molecular weight excluding hydrogens is 361 g/mol. The van der Waals surface area contributed by atoms with Crippen LogP contribution in [0.5, 0.6) is 0 Å². The zero-order valence-corrected chi connectivity index (χ0v) is 15.3. The van der Waals surface area contributed by atoms with E-state index in [0.29, 0.717) is 22.3 Å². The van der Waals surface area contributed by atoms with Gasteiger partial charge in [-0.15, -0.1) is 0 Å². The number of halogens is 2. The molecule has 0 bridgehead atoms. The number of benzene rings is 2. The summed E-state index contributed by atoms with van der Waals surface area (Å²) in [6, 6.07) is 14.2. The van der Waals surface area contributed by atoms with Gasteiger partial charge in [-0.1, -0.05) is 41.4 Å². The van der Waals surface area contributed by atoms with Gasteiger partial charge in [0.25, 0.3) is 0 Å². The first-order chi connectivity index (χ1) is 11.9. The van der Waals surface area contributed by atoms with Crippen molar-refractivity contribution in [2.45, 2.75) is 6.54 Å². The zero-order valence-electron chi connectivity index (χ0n) is 13.8. The smallest absolute Gasteiger partial charge is 0.238 e. The maximum atomic E-state index is 12.0. The highest BCUT2D eigenvalue weighted by atomic mass is 35.5. The second kappa shape index (κ2) is 9.42. The maximum Gasteiger partial charge on any atom is 0.238 e. The van der Waals surface area contributed by atoms with Crippen LogP contribution in [-0.4, -0.2) is 36.9 Å². The van der Waals surface area contributed by atoms with Crippen molar-refractivity contribution in [3.05, 3.63) is 64.1 Å². The standard InChI is InChI=1S/C18H19Cl2N3O2/c1-23(12-18(25)22-15-8-6-14(19)7-9-15)11-17(24)21-10-13-4-2-3-5-16(13)20/h2-9H,10-12H2,1H3,(H,21,24)(H,22,25). The number of nitrogens with zero attached hydrogens (tertiary/aromatic N) is 1. The summed E-state index contributed by atoms with van der Waals surface area (Å²) in [6.07, 6.45) is 0. The summed E-state index contributed by atoms with van der Waals surface area (Å²) in [7, 11) is 1.70. The summed E-state index contributed by atoms with van der Waals surface area (Å²) in [6.45, 7) is 0.559. The van der Waals surface area contributed by atoms with E-state index in [1.807, 2.05) is 18.2 Å². The fourth-order valence-electron chi connectivity index (χ4n) is 2.17. The number of amides is 2. The number of hydrogen-bond acceptors (Lipinski definition) is 3. The van der Waals surface area contributed by atoms with Gasteiger partial charge in [-0.3, -0.25) is 14.5 Å². The molecule has 0 radical (unpaired) electrons. The summed E-state index contributed by atoms with van der Waals surface area (Å²) in [5.74, 6) is -0.384. The Kier molecular flexibility index (Phi) is 7.25. The van der Waals surface area contributed by atoms with E-state index in [1.54, 1.807) is 42.3 Å². The summed E-state index contributed by atoms with van der Waals surface area (Å²) < 4.78 is 0. The molecule has 2 rings (SSSR count). The number of hydrogen-bond donors (Lipinski definition) is 2. The lowest BCUT2D eigenvalue weighted by Gasteiger charge is -2.16. The van der Waals surface area contributed by atoms with E-state index in [0.717, 1.165) is 5.56 Å². The summed E-state index contributed by atoms with van der Waals surface area (Å²) in [5, 5.41) is 6.75. The lowest BCUT2D eigenvalue weighted by atomic mass is 10.2. The van der Waals surface area contributed by atoms with Gasteiger partial charge in [0, 0.05) is 22.3 Å². The molecule has 2 N–H and O–H groups in total. The van der Waals surface area contributed by atoms with Gasteiger partial charge in [-0.25, -0.2) is 0 Å². The topological polar surface area (TPSA) is 61.4 Å². The van der Waals surface area contributed by atoms with E-state index in [9.17, 15) is 9.59 Å². The zero-order chi connectivity index (χ0) is 18.2. The number of carbonyl (C=O) groups is 2. The molecule has 25 heavy (non-hydrogen) atoms. The molecule has 0 aliphatic rings. The second-order valence-corrected chi connectivity index (χ2v) is 6.44. The largest absolute Gasteiger partial charge is 0.351 e. The molecule has 0 unspecified atom stereocenters. The van der Waals surface area contributed by atoms with Crippen molar-refractivity contribution in [2.75, 3.05) is 25.5 Å². The molecule has 0 aromatic heterocycles. The Hall–Kier alpha value is -2.08. The Bertz CT molecular complexity index is 735. The lowest BCUT2D eigenvalue weighted by molar-refractivity contribution is -0.123. The van der Waals surface area contributed by atoms with Gasteiger partial charge in [0.1, 0.15) is 0 Å². The second-order valence-electron chi connectivity index (χ2n) is 5.60. The van der Waals surface area contributed by atoms with Gasteiger partial charge in [0.15, 0.2) is 0 Å². The van der Waals surface area contributed by atoms with Crippen molar-refractivity contribution in [3.8, 4) is 0 Å². The highest BCUT2D eigenvalue weighted by molar-refractivity contribution is 6.31. The van der Waals surface area contributed by atoms with Crippen molar-refractivity contribution >= 4 is 40.7 Å². The number of likely N-dealkylation sites (N-methyl/N-ethyl adjacent to an activating group) is 1. The van der Waals surface area contributed by atoms with Crippen molar-refractivity contribution in [3.63, 3.8) is 0 Å². The average Bonchev–Trinajstić information content (AvgIpc) is 2.56. The Morgan fingerprint density at radius 1 is 0.960 bits per heavy atom. The van der Waals surface area contributed by atoms with Crippen LogP contribution < -0.4 is 10.6 Å². The van der Waals surface area contributed by atoms with Crippen LogP contribution in [0, 0.1) is 0 Å². The first-order valence-electron chi connectivity index (χ1n) is 7.68. The van der Waals surface area contributed by atoms with Gasteiger partial charge < -0.3 is 10.6 Å². The van der Waals surface area contributed by atoms with Crippen LogP contribution in [0.2, 0.25) is 10.0 Å². The molecular formula is C18H19Cl2N3O2. The first kappa shape index (κ1) is 19.2. The quantitative estimate of drug-likeness (QED) is 0.776. The average molecular weight is 380 g/mol. The van der Waals surface area contributed by atoms with Crippen LogP contribution in [0.15, 0.2) is 48.5 Å². The van der Waals surface area contributed by atoms with Crippen LogP contribution in [0.25, 0.3) is 0 Å². The molecule has 2 aromatic carbocycles. The monoisotopic (exact) mass is 379 g/mol. The molecule has 7 heteroatoms. The third-order valence-electron chi connectivity index (χ3n) is 3.39. The van der Waals surface area contributed by atoms with E-state index < -0.39 is 0 Å². The molecule has 0 heterocycles. The van der Waals surface area contributed by atoms with E-state index in [2.05, 4.69) is 10.6 Å². The number of carbonyl (C=O) groups excluding carboxylic acids is 2. The van der Waals surface area contributed by atoms with Crippen LogP contribution in [0.4, 0.5) is 5.69 Å². The van der Waals surface area contributed by atoms with Gasteiger partial charge in [0.2, 0.25) is 11.8 Å². The van der Waals surface area contributed by atoms with Crippen molar-refractivity contribution < 1.29 is 9.59 Å². The predicted molar refractivity (Wildman–Crippen MR) is 101 cm³/mol. The van der Waals surface area contributed by atoms with E-state index in [4.69, 9.17) is 23.2 Å². The summed E-state index contributed by atoms with van der Waals surface area (Å²) in [5.41, 5.74) is 1.51.